The summed E-state index contributed by atoms with van der Waals surface area (Å²) in [6, 6.07) is 0.166. The SMILES string of the molecule is CC1CCCC(OCC(N)C2CCOC2)C1. The summed E-state index contributed by atoms with van der Waals surface area (Å²) in [7, 11) is 0. The minimum Gasteiger partial charge on any atom is -0.381 e. The number of nitrogens with two attached hydrogens (primary N) is 1. The minimum atomic E-state index is 0.166. The van der Waals surface area contributed by atoms with Crippen molar-refractivity contribution in [1.82, 2.24) is 0 Å². The van der Waals surface area contributed by atoms with Crippen LogP contribution in [-0.4, -0.2) is 32.0 Å². The van der Waals surface area contributed by atoms with Crippen molar-refractivity contribution in [2.45, 2.75) is 51.2 Å². The van der Waals surface area contributed by atoms with Crippen molar-refractivity contribution < 1.29 is 9.47 Å². The quantitative estimate of drug-likeness (QED) is 0.798. The lowest BCUT2D eigenvalue weighted by molar-refractivity contribution is 0.00133. The Labute approximate surface area is 98.7 Å². The topological polar surface area (TPSA) is 44.5 Å². The molecule has 1 aliphatic carbocycles. The largest absolute Gasteiger partial charge is 0.381 e. The van der Waals surface area contributed by atoms with Gasteiger partial charge in [-0.15, -0.1) is 0 Å². The van der Waals surface area contributed by atoms with Gasteiger partial charge >= 0.3 is 0 Å². The fourth-order valence-corrected chi connectivity index (χ4v) is 2.80. The van der Waals surface area contributed by atoms with Gasteiger partial charge in [0.1, 0.15) is 0 Å². The molecule has 16 heavy (non-hydrogen) atoms. The highest BCUT2D eigenvalue weighted by Crippen LogP contribution is 2.26. The Hall–Kier alpha value is -0.120. The molecule has 0 radical (unpaired) electrons. The molecular formula is C13H25NO2. The van der Waals surface area contributed by atoms with Crippen LogP contribution in [0.25, 0.3) is 0 Å². The highest BCUT2D eigenvalue weighted by molar-refractivity contribution is 4.77. The molecule has 3 heteroatoms. The Morgan fingerprint density at radius 2 is 2.25 bits per heavy atom. The van der Waals surface area contributed by atoms with E-state index < -0.39 is 0 Å². The average molecular weight is 227 g/mol. The lowest BCUT2D eigenvalue weighted by atomic mass is 9.88. The fraction of sp³-hybridized carbons (Fsp3) is 1.00. The van der Waals surface area contributed by atoms with E-state index in [-0.39, 0.29) is 6.04 Å². The smallest absolute Gasteiger partial charge is 0.0624 e. The third-order valence-corrected chi connectivity index (χ3v) is 3.98. The van der Waals surface area contributed by atoms with E-state index in [1.165, 1.54) is 25.7 Å². The summed E-state index contributed by atoms with van der Waals surface area (Å²) in [5.41, 5.74) is 6.13. The maximum atomic E-state index is 6.13. The Kier molecular flexibility index (Phi) is 4.62. The van der Waals surface area contributed by atoms with Crippen molar-refractivity contribution >= 4 is 0 Å². The lowest BCUT2D eigenvalue weighted by Crippen LogP contribution is -2.37. The fourth-order valence-electron chi connectivity index (χ4n) is 2.80. The molecular weight excluding hydrogens is 202 g/mol. The molecule has 0 spiro atoms. The first-order valence-corrected chi connectivity index (χ1v) is 6.70. The monoisotopic (exact) mass is 227 g/mol. The van der Waals surface area contributed by atoms with Gasteiger partial charge in [-0.3, -0.25) is 0 Å². The normalized spacial score (nSPS) is 37.5. The Morgan fingerprint density at radius 1 is 1.38 bits per heavy atom. The maximum Gasteiger partial charge on any atom is 0.0624 e. The molecule has 2 aliphatic rings. The van der Waals surface area contributed by atoms with Crippen molar-refractivity contribution in [1.29, 1.82) is 0 Å². The molecule has 2 N–H and O–H groups in total. The molecule has 3 nitrogen and oxygen atoms in total. The molecule has 0 aromatic rings. The van der Waals surface area contributed by atoms with Crippen molar-refractivity contribution in [3.63, 3.8) is 0 Å². The van der Waals surface area contributed by atoms with E-state index in [2.05, 4.69) is 6.92 Å². The van der Waals surface area contributed by atoms with Crippen LogP contribution < -0.4 is 5.73 Å². The zero-order valence-electron chi connectivity index (χ0n) is 10.4. The molecule has 1 aliphatic heterocycles. The first-order valence-electron chi connectivity index (χ1n) is 6.70. The predicted molar refractivity (Wildman–Crippen MR) is 64.3 cm³/mol. The van der Waals surface area contributed by atoms with E-state index in [1.54, 1.807) is 0 Å². The van der Waals surface area contributed by atoms with E-state index in [0.717, 1.165) is 25.6 Å². The predicted octanol–water partition coefficient (Wildman–Crippen LogP) is 1.95. The molecule has 0 bridgehead atoms. The molecule has 0 amide bonds. The van der Waals surface area contributed by atoms with E-state index >= 15 is 0 Å². The number of ether oxygens (including phenoxy) is 2. The Balaban J connectivity index is 1.65. The van der Waals surface area contributed by atoms with Crippen LogP contribution in [0.4, 0.5) is 0 Å². The van der Waals surface area contributed by atoms with Gasteiger partial charge in [0.25, 0.3) is 0 Å². The Bertz CT molecular complexity index is 202. The molecule has 4 atom stereocenters. The van der Waals surface area contributed by atoms with Crippen LogP contribution >= 0.6 is 0 Å². The molecule has 1 heterocycles. The number of hydrogen-bond acceptors (Lipinski definition) is 3. The van der Waals surface area contributed by atoms with Gasteiger partial charge in [-0.2, -0.15) is 0 Å². The van der Waals surface area contributed by atoms with Crippen LogP contribution in [0.2, 0.25) is 0 Å². The van der Waals surface area contributed by atoms with Crippen molar-refractivity contribution in [2.24, 2.45) is 17.6 Å². The van der Waals surface area contributed by atoms with Gasteiger partial charge in [0.15, 0.2) is 0 Å². The van der Waals surface area contributed by atoms with Gasteiger partial charge in [-0.25, -0.2) is 0 Å². The van der Waals surface area contributed by atoms with Crippen molar-refractivity contribution in [3.05, 3.63) is 0 Å². The number of hydrogen-bond donors (Lipinski definition) is 1. The van der Waals surface area contributed by atoms with Gasteiger partial charge in [-0.1, -0.05) is 19.8 Å². The van der Waals surface area contributed by atoms with Crippen molar-refractivity contribution in [2.75, 3.05) is 19.8 Å². The average Bonchev–Trinajstić information content (AvgIpc) is 2.79. The summed E-state index contributed by atoms with van der Waals surface area (Å²) in [6.07, 6.45) is 6.67. The third kappa shape index (κ3) is 3.44. The van der Waals surface area contributed by atoms with Crippen LogP contribution in [-0.2, 0) is 9.47 Å². The molecule has 1 saturated heterocycles. The van der Waals surface area contributed by atoms with E-state index in [4.69, 9.17) is 15.2 Å². The summed E-state index contributed by atoms with van der Waals surface area (Å²) in [6.45, 7) is 4.73. The maximum absolute atomic E-state index is 6.13. The van der Waals surface area contributed by atoms with Crippen LogP contribution in [0.5, 0.6) is 0 Å². The van der Waals surface area contributed by atoms with Gasteiger partial charge in [0, 0.05) is 18.6 Å². The molecule has 0 aromatic carbocycles. The van der Waals surface area contributed by atoms with E-state index in [1.807, 2.05) is 0 Å². The molecule has 2 rings (SSSR count). The first kappa shape index (κ1) is 12.3. The summed E-state index contributed by atoms with van der Waals surface area (Å²) in [5, 5.41) is 0. The second kappa shape index (κ2) is 5.99. The second-order valence-corrected chi connectivity index (χ2v) is 5.51. The standard InChI is InChI=1S/C13H25NO2/c1-10-3-2-4-12(7-10)16-9-13(14)11-5-6-15-8-11/h10-13H,2-9,14H2,1H3. The van der Waals surface area contributed by atoms with Gasteiger partial charge in [-0.05, 0) is 25.2 Å². The molecule has 0 aromatic heterocycles. The lowest BCUT2D eigenvalue weighted by Gasteiger charge is -2.28. The first-order chi connectivity index (χ1) is 7.75. The van der Waals surface area contributed by atoms with Crippen LogP contribution in [0.3, 0.4) is 0 Å². The highest BCUT2D eigenvalue weighted by Gasteiger charge is 2.25. The van der Waals surface area contributed by atoms with Gasteiger partial charge in [0.05, 0.1) is 19.3 Å². The Morgan fingerprint density at radius 3 is 2.94 bits per heavy atom. The summed E-state index contributed by atoms with van der Waals surface area (Å²) >= 11 is 0. The minimum absolute atomic E-state index is 0.166. The van der Waals surface area contributed by atoms with Crippen LogP contribution in [0, 0.1) is 11.8 Å². The molecule has 1 saturated carbocycles. The van der Waals surface area contributed by atoms with Crippen molar-refractivity contribution in [3.8, 4) is 0 Å². The summed E-state index contributed by atoms with van der Waals surface area (Å²) in [4.78, 5) is 0. The third-order valence-electron chi connectivity index (χ3n) is 3.98. The zero-order chi connectivity index (χ0) is 11.4. The van der Waals surface area contributed by atoms with Crippen LogP contribution in [0.15, 0.2) is 0 Å². The highest BCUT2D eigenvalue weighted by atomic mass is 16.5. The molecule has 4 unspecified atom stereocenters. The molecule has 94 valence electrons. The molecule has 2 fully saturated rings. The van der Waals surface area contributed by atoms with E-state index in [9.17, 15) is 0 Å². The summed E-state index contributed by atoms with van der Waals surface area (Å²) in [5.74, 6) is 1.34. The van der Waals surface area contributed by atoms with Crippen LogP contribution in [0.1, 0.15) is 39.0 Å². The van der Waals surface area contributed by atoms with Gasteiger partial charge < -0.3 is 15.2 Å². The van der Waals surface area contributed by atoms with E-state index in [0.29, 0.717) is 18.6 Å². The number of rotatable bonds is 4. The van der Waals surface area contributed by atoms with Gasteiger partial charge in [0.2, 0.25) is 0 Å². The summed E-state index contributed by atoms with van der Waals surface area (Å²) < 4.78 is 11.3. The second-order valence-electron chi connectivity index (χ2n) is 5.51. The zero-order valence-corrected chi connectivity index (χ0v) is 10.4.